The van der Waals surface area contributed by atoms with Gasteiger partial charge in [-0.3, -0.25) is 19.7 Å². The number of H-pyrrole nitrogens is 2. The number of hydrogen-bond acceptors (Lipinski definition) is 4. The number of rotatable bonds is 3. The van der Waals surface area contributed by atoms with E-state index in [4.69, 9.17) is 12.2 Å². The average Bonchev–Trinajstić information content (AvgIpc) is 2.31. The number of anilines is 1. The molecule has 0 aliphatic heterocycles. The molecule has 3 N–H and O–H groups in total. The summed E-state index contributed by atoms with van der Waals surface area (Å²) in [6, 6.07) is 6.84. The van der Waals surface area contributed by atoms with Crippen LogP contribution in [0.25, 0.3) is 11.3 Å². The molecule has 0 fully saturated rings. The van der Waals surface area contributed by atoms with Crippen molar-refractivity contribution < 1.29 is 4.79 Å². The molecule has 0 saturated carbocycles. The maximum absolute atomic E-state index is 11.7. The molecule has 7 heteroatoms. The summed E-state index contributed by atoms with van der Waals surface area (Å²) in [5, 5.41) is 8.87. The van der Waals surface area contributed by atoms with Crippen molar-refractivity contribution in [1.82, 2.24) is 15.2 Å². The summed E-state index contributed by atoms with van der Waals surface area (Å²) in [4.78, 5) is 24.6. The monoisotopic (exact) mass is 248 g/mol. The lowest BCUT2D eigenvalue weighted by atomic mass is 10.1. The number of para-hydroxylation sites is 1. The normalized spacial score (nSPS) is 9.88. The second kappa shape index (κ2) is 4.71. The van der Waals surface area contributed by atoms with Gasteiger partial charge in [0.25, 0.3) is 5.56 Å². The van der Waals surface area contributed by atoms with Gasteiger partial charge in [0.15, 0.2) is 10.5 Å². The van der Waals surface area contributed by atoms with E-state index < -0.39 is 5.56 Å². The summed E-state index contributed by atoms with van der Waals surface area (Å²) in [6.07, 6.45) is 0.540. The van der Waals surface area contributed by atoms with Gasteiger partial charge in [-0.15, -0.1) is 0 Å². The third-order valence-corrected chi connectivity index (χ3v) is 2.30. The fourth-order valence-electron chi connectivity index (χ4n) is 1.41. The molecule has 2 rings (SSSR count). The quantitative estimate of drug-likeness (QED) is 0.559. The second-order valence-electron chi connectivity index (χ2n) is 3.16. The Labute approximate surface area is 101 Å². The van der Waals surface area contributed by atoms with E-state index in [1.165, 1.54) is 0 Å². The van der Waals surface area contributed by atoms with Crippen LogP contribution in [-0.2, 0) is 4.79 Å². The fourth-order valence-corrected chi connectivity index (χ4v) is 1.55. The highest BCUT2D eigenvalue weighted by Gasteiger charge is 2.09. The number of nitrogens with zero attached hydrogens (tertiary/aromatic N) is 1. The third kappa shape index (κ3) is 2.28. The van der Waals surface area contributed by atoms with E-state index in [9.17, 15) is 9.59 Å². The molecule has 86 valence electrons. The number of carbonyl (C=O) groups excluding carboxylic acids is 1. The summed E-state index contributed by atoms with van der Waals surface area (Å²) in [7, 11) is 0. The van der Waals surface area contributed by atoms with Crippen LogP contribution in [0.2, 0.25) is 0 Å². The van der Waals surface area contributed by atoms with Gasteiger partial charge in [0.1, 0.15) is 0 Å². The summed E-state index contributed by atoms with van der Waals surface area (Å²) < 4.78 is 0.152. The van der Waals surface area contributed by atoms with Crippen molar-refractivity contribution in [3.05, 3.63) is 39.4 Å². The van der Waals surface area contributed by atoms with Crippen molar-refractivity contribution in [3.8, 4) is 11.3 Å². The van der Waals surface area contributed by atoms with Crippen molar-refractivity contribution in [2.75, 3.05) is 5.32 Å². The molecular weight excluding hydrogens is 240 g/mol. The average molecular weight is 248 g/mol. The first-order valence-electron chi connectivity index (χ1n) is 4.71. The molecule has 0 bridgehead atoms. The van der Waals surface area contributed by atoms with Gasteiger partial charge in [-0.2, -0.15) is 5.10 Å². The number of amides is 1. The van der Waals surface area contributed by atoms with Crippen LogP contribution in [0, 0.1) is 4.77 Å². The lowest BCUT2D eigenvalue weighted by Gasteiger charge is -2.05. The predicted octanol–water partition coefficient (Wildman–Crippen LogP) is 1.06. The zero-order valence-electron chi connectivity index (χ0n) is 8.56. The molecule has 1 amide bonds. The van der Waals surface area contributed by atoms with Crippen LogP contribution in [0.3, 0.4) is 0 Å². The number of nitrogens with one attached hydrogen (secondary N) is 3. The van der Waals surface area contributed by atoms with Gasteiger partial charge >= 0.3 is 0 Å². The number of aromatic amines is 2. The number of aromatic nitrogens is 3. The van der Waals surface area contributed by atoms with Crippen LogP contribution >= 0.6 is 12.2 Å². The molecule has 0 unspecified atom stereocenters. The van der Waals surface area contributed by atoms with E-state index >= 15 is 0 Å². The van der Waals surface area contributed by atoms with E-state index in [0.717, 1.165) is 0 Å². The zero-order chi connectivity index (χ0) is 12.3. The molecule has 17 heavy (non-hydrogen) atoms. The second-order valence-corrected chi connectivity index (χ2v) is 3.57. The lowest BCUT2D eigenvalue weighted by Crippen LogP contribution is -2.13. The van der Waals surface area contributed by atoms with E-state index in [-0.39, 0.29) is 10.5 Å². The topological polar surface area (TPSA) is 90.6 Å². The van der Waals surface area contributed by atoms with Crippen LogP contribution in [-0.4, -0.2) is 21.6 Å². The molecule has 0 atom stereocenters. The molecule has 0 aliphatic rings. The summed E-state index contributed by atoms with van der Waals surface area (Å²) in [5.74, 6) is 0. The minimum absolute atomic E-state index is 0.152. The van der Waals surface area contributed by atoms with Crippen LogP contribution in [0.4, 0.5) is 5.69 Å². The van der Waals surface area contributed by atoms with Crippen LogP contribution in [0.5, 0.6) is 0 Å². The minimum Gasteiger partial charge on any atom is -0.328 e. The molecule has 0 spiro atoms. The van der Waals surface area contributed by atoms with Crippen molar-refractivity contribution in [2.45, 2.75) is 0 Å². The van der Waals surface area contributed by atoms with Gasteiger partial charge in [-0.1, -0.05) is 18.2 Å². The van der Waals surface area contributed by atoms with Gasteiger partial charge in [-0.05, 0) is 18.3 Å². The van der Waals surface area contributed by atoms with Gasteiger partial charge < -0.3 is 5.32 Å². The van der Waals surface area contributed by atoms with Crippen LogP contribution < -0.4 is 10.9 Å². The molecule has 0 radical (unpaired) electrons. The first-order valence-corrected chi connectivity index (χ1v) is 5.12. The number of benzene rings is 1. The molecule has 0 saturated heterocycles. The van der Waals surface area contributed by atoms with Crippen LogP contribution in [0.15, 0.2) is 29.1 Å². The van der Waals surface area contributed by atoms with Gasteiger partial charge in [0.05, 0.1) is 5.69 Å². The fraction of sp³-hybridized carbons (Fsp3) is 0. The molecule has 1 aromatic carbocycles. The highest BCUT2D eigenvalue weighted by molar-refractivity contribution is 7.71. The van der Waals surface area contributed by atoms with E-state index in [0.29, 0.717) is 17.7 Å². The third-order valence-electron chi connectivity index (χ3n) is 2.11. The van der Waals surface area contributed by atoms with Crippen molar-refractivity contribution >= 4 is 24.3 Å². The van der Waals surface area contributed by atoms with Crippen LogP contribution in [0.1, 0.15) is 0 Å². The first-order chi connectivity index (χ1) is 8.22. The molecular formula is C10H8N4O2S. The Morgan fingerprint density at radius 3 is 2.82 bits per heavy atom. The largest absolute Gasteiger partial charge is 0.328 e. The smallest absolute Gasteiger partial charge is 0.278 e. The van der Waals surface area contributed by atoms with Gasteiger partial charge in [0.2, 0.25) is 6.41 Å². The Kier molecular flexibility index (Phi) is 3.10. The number of carbonyl (C=O) groups is 1. The Hall–Kier alpha value is -2.28. The standard InChI is InChI=1S/C10H8N4O2S/c15-5-11-7-4-2-1-3-6(7)8-9(16)12-10(17)14-13-8/h1-5H,(H,11,15)(H2,12,14,16,17). The Morgan fingerprint density at radius 1 is 1.35 bits per heavy atom. The molecule has 6 nitrogen and oxygen atoms in total. The molecule has 0 aliphatic carbocycles. The summed E-state index contributed by atoms with van der Waals surface area (Å²) in [6.45, 7) is 0. The maximum atomic E-state index is 11.7. The van der Waals surface area contributed by atoms with E-state index in [1.54, 1.807) is 24.3 Å². The Balaban J connectivity index is 2.64. The van der Waals surface area contributed by atoms with Crippen molar-refractivity contribution in [2.24, 2.45) is 0 Å². The summed E-state index contributed by atoms with van der Waals surface area (Å²) >= 11 is 4.75. The molecule has 1 aromatic heterocycles. The molecule has 1 heterocycles. The van der Waals surface area contributed by atoms with Crippen molar-refractivity contribution in [1.29, 1.82) is 0 Å². The first kappa shape index (κ1) is 11.2. The van der Waals surface area contributed by atoms with Gasteiger partial charge in [-0.25, -0.2) is 0 Å². The zero-order valence-corrected chi connectivity index (χ0v) is 9.38. The maximum Gasteiger partial charge on any atom is 0.278 e. The van der Waals surface area contributed by atoms with Crippen molar-refractivity contribution in [3.63, 3.8) is 0 Å². The minimum atomic E-state index is -0.408. The van der Waals surface area contributed by atoms with E-state index in [2.05, 4.69) is 20.5 Å². The summed E-state index contributed by atoms with van der Waals surface area (Å²) in [5.41, 5.74) is 0.788. The lowest BCUT2D eigenvalue weighted by molar-refractivity contribution is -0.105. The predicted molar refractivity (Wildman–Crippen MR) is 65.2 cm³/mol. The highest BCUT2D eigenvalue weighted by Crippen LogP contribution is 2.22. The Morgan fingerprint density at radius 2 is 2.12 bits per heavy atom. The SMILES string of the molecule is O=CNc1ccccc1-c1n[nH]c(=S)[nH]c1=O. The highest BCUT2D eigenvalue weighted by atomic mass is 32.1. The number of hydrogen-bond donors (Lipinski definition) is 3. The van der Waals surface area contributed by atoms with Gasteiger partial charge in [0, 0.05) is 5.56 Å². The molecule has 2 aromatic rings. The van der Waals surface area contributed by atoms with E-state index in [1.807, 2.05) is 0 Å². The Bertz CT molecular complexity index is 662.